The summed E-state index contributed by atoms with van der Waals surface area (Å²) in [4.78, 5) is 1.93. The van der Waals surface area contributed by atoms with E-state index in [0.29, 0.717) is 23.9 Å². The van der Waals surface area contributed by atoms with Gasteiger partial charge in [-0.05, 0) is 61.5 Å². The van der Waals surface area contributed by atoms with Crippen molar-refractivity contribution in [1.29, 1.82) is 0 Å². The highest BCUT2D eigenvalue weighted by molar-refractivity contribution is 7.90. The molecule has 0 spiro atoms. The summed E-state index contributed by atoms with van der Waals surface area (Å²) in [6.45, 7) is 1.35. The number of benzene rings is 2. The van der Waals surface area contributed by atoms with Crippen molar-refractivity contribution in [1.82, 2.24) is 8.87 Å². The fourth-order valence-corrected chi connectivity index (χ4v) is 4.94. The predicted octanol–water partition coefficient (Wildman–Crippen LogP) is 4.63. The molecule has 5 nitrogen and oxygen atoms in total. The average Bonchev–Trinajstić information content (AvgIpc) is 3.07. The fraction of sp³-hybridized carbons (Fsp3) is 0.238. The molecule has 0 saturated carbocycles. The first kappa shape index (κ1) is 21.4. The third kappa shape index (κ3) is 4.31. The number of nitrogens with zero attached hydrogens (tertiary/aromatic N) is 2. The van der Waals surface area contributed by atoms with Gasteiger partial charge in [-0.2, -0.15) is 0 Å². The second kappa shape index (κ2) is 7.69. The van der Waals surface area contributed by atoms with Crippen molar-refractivity contribution < 1.29 is 30.7 Å². The van der Waals surface area contributed by atoms with Crippen molar-refractivity contribution >= 4 is 26.5 Å². The van der Waals surface area contributed by atoms with Crippen LogP contribution < -0.4 is 4.74 Å². The summed E-state index contributed by atoms with van der Waals surface area (Å²) >= 11 is 0. The smallest absolute Gasteiger partial charge is 0.406 e. The molecule has 1 aromatic heterocycles. The van der Waals surface area contributed by atoms with Gasteiger partial charge in [-0.3, -0.25) is 0 Å². The summed E-state index contributed by atoms with van der Waals surface area (Å²) in [7, 11) is -2.17. The van der Waals surface area contributed by atoms with Gasteiger partial charge in [-0.15, -0.1) is 13.2 Å². The molecule has 10 heteroatoms. The van der Waals surface area contributed by atoms with E-state index in [1.54, 1.807) is 0 Å². The Hall–Kier alpha value is -2.85. The van der Waals surface area contributed by atoms with Gasteiger partial charge in [0.15, 0.2) is 0 Å². The van der Waals surface area contributed by atoms with E-state index in [-0.39, 0.29) is 10.4 Å². The van der Waals surface area contributed by atoms with Crippen LogP contribution in [-0.4, -0.2) is 43.8 Å². The van der Waals surface area contributed by atoms with Crippen LogP contribution >= 0.6 is 0 Å². The molecule has 164 valence electrons. The summed E-state index contributed by atoms with van der Waals surface area (Å²) < 4.78 is 82.9. The molecule has 0 radical (unpaired) electrons. The van der Waals surface area contributed by atoms with Crippen molar-refractivity contribution in [3.8, 4) is 5.75 Å². The molecule has 0 aliphatic carbocycles. The van der Waals surface area contributed by atoms with Crippen LogP contribution in [0.1, 0.15) is 12.0 Å². The number of likely N-dealkylation sites (N-methyl/N-ethyl adjacent to an activating group) is 1. The number of aromatic nitrogens is 1. The van der Waals surface area contributed by atoms with Crippen LogP contribution in [0.5, 0.6) is 5.75 Å². The van der Waals surface area contributed by atoms with Crippen LogP contribution in [0.2, 0.25) is 0 Å². The molecule has 4 rings (SSSR count). The van der Waals surface area contributed by atoms with Gasteiger partial charge in [0, 0.05) is 30.2 Å². The monoisotopic (exact) mass is 454 g/mol. The molecule has 0 bridgehead atoms. The molecule has 1 aliphatic rings. The second-order valence-corrected chi connectivity index (χ2v) is 9.08. The lowest BCUT2D eigenvalue weighted by atomic mass is 9.99. The lowest BCUT2D eigenvalue weighted by Gasteiger charge is -2.21. The third-order valence-corrected chi connectivity index (χ3v) is 6.79. The highest BCUT2D eigenvalue weighted by Gasteiger charge is 2.32. The Labute approximate surface area is 176 Å². The Morgan fingerprint density at radius 3 is 2.39 bits per heavy atom. The Balaban J connectivity index is 1.91. The van der Waals surface area contributed by atoms with Crippen LogP contribution in [0.3, 0.4) is 0 Å². The van der Waals surface area contributed by atoms with Crippen LogP contribution in [0, 0.1) is 5.82 Å². The van der Waals surface area contributed by atoms with E-state index >= 15 is 0 Å². The number of ether oxygens (including phenoxy) is 1. The molecule has 31 heavy (non-hydrogen) atoms. The number of rotatable bonds is 4. The zero-order chi connectivity index (χ0) is 22.4. The van der Waals surface area contributed by atoms with Crippen molar-refractivity contribution in [2.24, 2.45) is 0 Å². The largest absolute Gasteiger partial charge is 0.573 e. The van der Waals surface area contributed by atoms with E-state index in [1.165, 1.54) is 18.3 Å². The van der Waals surface area contributed by atoms with Crippen LogP contribution in [-0.2, 0) is 10.0 Å². The molecule has 0 amide bonds. The fourth-order valence-electron chi connectivity index (χ4n) is 3.57. The molecule has 0 saturated heterocycles. The number of fused-ring (bicyclic) bond motifs is 1. The van der Waals surface area contributed by atoms with E-state index < -0.39 is 28.0 Å². The maximum Gasteiger partial charge on any atom is 0.573 e. The Morgan fingerprint density at radius 2 is 1.77 bits per heavy atom. The average molecular weight is 454 g/mol. The number of hydrogen-bond donors (Lipinski definition) is 0. The van der Waals surface area contributed by atoms with Gasteiger partial charge in [0.1, 0.15) is 11.6 Å². The summed E-state index contributed by atoms with van der Waals surface area (Å²) in [5.74, 6) is -1.02. The molecule has 2 aromatic carbocycles. The van der Waals surface area contributed by atoms with E-state index in [9.17, 15) is 26.0 Å². The Kier molecular flexibility index (Phi) is 5.30. The zero-order valence-corrected chi connectivity index (χ0v) is 17.2. The molecule has 0 unspecified atom stereocenters. The minimum atomic E-state index is -4.87. The lowest BCUT2D eigenvalue weighted by molar-refractivity contribution is -0.274. The maximum absolute atomic E-state index is 13.3. The standard InChI is InChI=1S/C21H18F4N2O3S/c1-26-10-8-14(9-11-26)19-13-27(31(28,29)17-5-2-15(22)3-6-17)20-7-4-16(12-18(19)20)30-21(23,24)25/h2-8,12-13H,9-11H2,1H3. The third-order valence-electron chi connectivity index (χ3n) is 5.10. The van der Waals surface area contributed by atoms with Gasteiger partial charge in [0.05, 0.1) is 10.4 Å². The van der Waals surface area contributed by atoms with Gasteiger partial charge in [0.25, 0.3) is 10.0 Å². The SMILES string of the molecule is CN1CC=C(c2cn(S(=O)(=O)c3ccc(F)cc3)c3ccc(OC(F)(F)F)cc23)CC1. The van der Waals surface area contributed by atoms with E-state index in [4.69, 9.17) is 0 Å². The number of alkyl halides is 3. The van der Waals surface area contributed by atoms with E-state index in [2.05, 4.69) is 9.64 Å². The summed E-state index contributed by atoms with van der Waals surface area (Å²) in [5.41, 5.74) is 1.55. The number of hydrogen-bond acceptors (Lipinski definition) is 4. The van der Waals surface area contributed by atoms with E-state index in [0.717, 1.165) is 46.4 Å². The first-order valence-electron chi connectivity index (χ1n) is 9.34. The number of halogens is 4. The van der Waals surface area contributed by atoms with E-state index in [1.807, 2.05) is 13.1 Å². The minimum Gasteiger partial charge on any atom is -0.406 e. The molecule has 3 aromatic rings. The highest BCUT2D eigenvalue weighted by Crippen LogP contribution is 2.36. The van der Waals surface area contributed by atoms with Gasteiger partial charge in [-0.1, -0.05) is 6.08 Å². The topological polar surface area (TPSA) is 51.5 Å². The molecule has 0 fully saturated rings. The zero-order valence-electron chi connectivity index (χ0n) is 16.4. The van der Waals surface area contributed by atoms with Crippen molar-refractivity contribution in [2.75, 3.05) is 20.1 Å². The molecule has 2 heterocycles. The quantitative estimate of drug-likeness (QED) is 0.540. The van der Waals surface area contributed by atoms with Gasteiger partial charge < -0.3 is 9.64 Å². The van der Waals surface area contributed by atoms with Crippen molar-refractivity contribution in [3.63, 3.8) is 0 Å². The van der Waals surface area contributed by atoms with Crippen molar-refractivity contribution in [2.45, 2.75) is 17.7 Å². The van der Waals surface area contributed by atoms with Gasteiger partial charge in [-0.25, -0.2) is 16.8 Å². The van der Waals surface area contributed by atoms with Crippen LogP contribution in [0.15, 0.2) is 59.6 Å². The molecular formula is C21H18F4N2O3S. The minimum absolute atomic E-state index is 0.134. The molecule has 1 aliphatic heterocycles. The van der Waals surface area contributed by atoms with Gasteiger partial charge >= 0.3 is 6.36 Å². The molecule has 0 N–H and O–H groups in total. The lowest BCUT2D eigenvalue weighted by Crippen LogP contribution is -2.23. The maximum atomic E-state index is 13.3. The molecule has 0 atom stereocenters. The summed E-state index contributed by atoms with van der Waals surface area (Å²) in [6.07, 6.45) is -0.942. The van der Waals surface area contributed by atoms with Gasteiger partial charge in [0.2, 0.25) is 0 Å². The second-order valence-electron chi connectivity index (χ2n) is 7.27. The van der Waals surface area contributed by atoms with Crippen LogP contribution in [0.25, 0.3) is 16.5 Å². The first-order valence-corrected chi connectivity index (χ1v) is 10.8. The normalized spacial score (nSPS) is 15.8. The predicted molar refractivity (Wildman–Crippen MR) is 108 cm³/mol. The van der Waals surface area contributed by atoms with Crippen LogP contribution in [0.4, 0.5) is 17.6 Å². The summed E-state index contributed by atoms with van der Waals surface area (Å²) in [6, 6.07) is 7.89. The Bertz CT molecular complexity index is 1260. The molecular weight excluding hydrogens is 436 g/mol. The first-order chi connectivity index (χ1) is 14.5. The highest BCUT2D eigenvalue weighted by atomic mass is 32.2. The summed E-state index contributed by atoms with van der Waals surface area (Å²) in [5, 5.41) is 0.322. The Morgan fingerprint density at radius 1 is 1.06 bits per heavy atom. The van der Waals surface area contributed by atoms with Crippen molar-refractivity contribution in [3.05, 3.63) is 66.1 Å².